The van der Waals surface area contributed by atoms with Crippen molar-refractivity contribution < 1.29 is 14.8 Å². The SMILES string of the molecule is CN(O)/C(=N\O)C1(c2ccc(Cl)c(F)c2)CC1. The Balaban J connectivity index is 2.42. The Bertz CT molecular complexity index is 473. The molecule has 0 heterocycles. The number of likely N-dealkylation sites (N-methyl/N-ethyl adjacent to an activating group) is 1. The number of hydrogen-bond donors (Lipinski definition) is 2. The van der Waals surface area contributed by atoms with Crippen LogP contribution in [0, 0.1) is 5.82 Å². The van der Waals surface area contributed by atoms with Crippen LogP contribution < -0.4 is 0 Å². The van der Waals surface area contributed by atoms with Crippen LogP contribution in [0.15, 0.2) is 23.4 Å². The molecule has 0 unspecified atom stereocenters. The van der Waals surface area contributed by atoms with Gasteiger partial charge in [0.05, 0.1) is 10.4 Å². The predicted octanol–water partition coefficient (Wildman–Crippen LogP) is 2.62. The van der Waals surface area contributed by atoms with Gasteiger partial charge in [0.25, 0.3) is 0 Å². The van der Waals surface area contributed by atoms with Crippen molar-refractivity contribution in [1.82, 2.24) is 5.06 Å². The molecule has 0 radical (unpaired) electrons. The van der Waals surface area contributed by atoms with Crippen molar-refractivity contribution in [3.63, 3.8) is 0 Å². The second kappa shape index (κ2) is 4.16. The van der Waals surface area contributed by atoms with E-state index in [-0.39, 0.29) is 10.9 Å². The Morgan fingerprint density at radius 2 is 2.18 bits per heavy atom. The molecule has 0 amide bonds. The highest BCUT2D eigenvalue weighted by molar-refractivity contribution is 6.30. The van der Waals surface area contributed by atoms with Crippen molar-refractivity contribution in [3.8, 4) is 0 Å². The Kier molecular flexibility index (Phi) is 2.97. The molecule has 0 bridgehead atoms. The average molecular weight is 259 g/mol. The highest BCUT2D eigenvalue weighted by Gasteiger charge is 2.51. The number of halogens is 2. The number of hydrogen-bond acceptors (Lipinski definition) is 3. The maximum atomic E-state index is 13.4. The second-order valence-electron chi connectivity index (χ2n) is 4.16. The van der Waals surface area contributed by atoms with Crippen molar-refractivity contribution in [2.75, 3.05) is 7.05 Å². The summed E-state index contributed by atoms with van der Waals surface area (Å²) in [5.41, 5.74) is 0.0389. The summed E-state index contributed by atoms with van der Waals surface area (Å²) >= 11 is 5.61. The molecule has 92 valence electrons. The van der Waals surface area contributed by atoms with Crippen LogP contribution in [0.4, 0.5) is 4.39 Å². The molecule has 0 atom stereocenters. The molecule has 0 spiro atoms. The number of rotatable bonds is 2. The first-order valence-corrected chi connectivity index (χ1v) is 5.50. The van der Waals surface area contributed by atoms with E-state index in [2.05, 4.69) is 5.16 Å². The number of nitrogens with zero attached hydrogens (tertiary/aromatic N) is 2. The van der Waals surface area contributed by atoms with Crippen molar-refractivity contribution in [3.05, 3.63) is 34.6 Å². The molecule has 1 aromatic carbocycles. The lowest BCUT2D eigenvalue weighted by atomic mass is 9.94. The zero-order chi connectivity index (χ0) is 12.6. The van der Waals surface area contributed by atoms with Gasteiger partial charge in [0.2, 0.25) is 0 Å². The Hall–Kier alpha value is -1.33. The fourth-order valence-electron chi connectivity index (χ4n) is 2.03. The van der Waals surface area contributed by atoms with Crippen LogP contribution in [-0.2, 0) is 5.41 Å². The topological polar surface area (TPSA) is 56.1 Å². The molecule has 6 heteroatoms. The zero-order valence-corrected chi connectivity index (χ0v) is 9.95. The first kappa shape index (κ1) is 12.1. The van der Waals surface area contributed by atoms with Gasteiger partial charge < -0.3 is 5.21 Å². The van der Waals surface area contributed by atoms with Crippen molar-refractivity contribution >= 4 is 17.4 Å². The maximum absolute atomic E-state index is 13.4. The monoisotopic (exact) mass is 258 g/mol. The molecule has 0 aliphatic heterocycles. The molecule has 1 aliphatic carbocycles. The summed E-state index contributed by atoms with van der Waals surface area (Å²) in [6.45, 7) is 0. The predicted molar refractivity (Wildman–Crippen MR) is 61.1 cm³/mol. The fourth-order valence-corrected chi connectivity index (χ4v) is 2.15. The minimum atomic E-state index is -0.607. The molecule has 17 heavy (non-hydrogen) atoms. The third-order valence-electron chi connectivity index (χ3n) is 3.05. The van der Waals surface area contributed by atoms with Gasteiger partial charge >= 0.3 is 0 Å². The van der Waals surface area contributed by atoms with E-state index >= 15 is 0 Å². The molecular formula is C11H12ClFN2O2. The fraction of sp³-hybridized carbons (Fsp3) is 0.364. The Morgan fingerprint density at radius 1 is 1.53 bits per heavy atom. The summed E-state index contributed by atoms with van der Waals surface area (Å²) in [6.07, 6.45) is 1.39. The van der Waals surface area contributed by atoms with E-state index in [9.17, 15) is 9.60 Å². The molecule has 1 aromatic rings. The molecule has 0 aromatic heterocycles. The lowest BCUT2D eigenvalue weighted by Gasteiger charge is -2.21. The lowest BCUT2D eigenvalue weighted by Crippen LogP contribution is -2.34. The van der Waals surface area contributed by atoms with Crippen LogP contribution in [-0.4, -0.2) is 28.4 Å². The van der Waals surface area contributed by atoms with Gasteiger partial charge in [-0.15, -0.1) is 0 Å². The number of oxime groups is 1. The van der Waals surface area contributed by atoms with Crippen LogP contribution >= 0.6 is 11.6 Å². The van der Waals surface area contributed by atoms with E-state index in [0.29, 0.717) is 18.4 Å². The van der Waals surface area contributed by atoms with Crippen molar-refractivity contribution in [1.29, 1.82) is 0 Å². The van der Waals surface area contributed by atoms with E-state index in [0.717, 1.165) is 5.06 Å². The highest BCUT2D eigenvalue weighted by Crippen LogP contribution is 2.50. The first-order valence-electron chi connectivity index (χ1n) is 5.12. The Morgan fingerprint density at radius 3 is 2.59 bits per heavy atom. The third kappa shape index (κ3) is 1.96. The molecular weight excluding hydrogens is 247 g/mol. The summed E-state index contributed by atoms with van der Waals surface area (Å²) in [7, 11) is 1.36. The molecule has 2 rings (SSSR count). The highest BCUT2D eigenvalue weighted by atomic mass is 35.5. The average Bonchev–Trinajstić information content (AvgIpc) is 3.04. The van der Waals surface area contributed by atoms with Crippen molar-refractivity contribution in [2.24, 2.45) is 5.16 Å². The zero-order valence-electron chi connectivity index (χ0n) is 9.19. The molecule has 1 aliphatic rings. The minimum Gasteiger partial charge on any atom is -0.409 e. The second-order valence-corrected chi connectivity index (χ2v) is 4.57. The van der Waals surface area contributed by atoms with Gasteiger partial charge in [0.15, 0.2) is 5.84 Å². The van der Waals surface area contributed by atoms with Gasteiger partial charge in [0.1, 0.15) is 5.82 Å². The Labute approximate surface area is 103 Å². The van der Waals surface area contributed by atoms with E-state index in [1.165, 1.54) is 19.2 Å². The summed E-state index contributed by atoms with van der Waals surface area (Å²) in [4.78, 5) is 0. The van der Waals surface area contributed by atoms with Gasteiger partial charge in [0, 0.05) is 7.05 Å². The van der Waals surface area contributed by atoms with E-state index in [4.69, 9.17) is 16.8 Å². The summed E-state index contributed by atoms with van der Waals surface area (Å²) < 4.78 is 13.4. The van der Waals surface area contributed by atoms with Crippen LogP contribution in [0.25, 0.3) is 0 Å². The largest absolute Gasteiger partial charge is 0.409 e. The summed E-state index contributed by atoms with van der Waals surface area (Å²) in [6, 6.07) is 4.44. The van der Waals surface area contributed by atoms with Gasteiger partial charge in [-0.1, -0.05) is 22.8 Å². The quantitative estimate of drug-likeness (QED) is 0.371. The normalized spacial score (nSPS) is 18.0. The molecule has 4 nitrogen and oxygen atoms in total. The van der Waals surface area contributed by atoms with E-state index in [1.807, 2.05) is 0 Å². The molecule has 0 saturated heterocycles. The van der Waals surface area contributed by atoms with Gasteiger partial charge in [-0.3, -0.25) is 5.21 Å². The van der Waals surface area contributed by atoms with E-state index < -0.39 is 11.2 Å². The number of benzene rings is 1. The van der Waals surface area contributed by atoms with Gasteiger partial charge in [-0.2, -0.15) is 0 Å². The van der Waals surface area contributed by atoms with Crippen LogP contribution in [0.5, 0.6) is 0 Å². The van der Waals surface area contributed by atoms with Crippen LogP contribution in [0.3, 0.4) is 0 Å². The molecule has 1 saturated carbocycles. The lowest BCUT2D eigenvalue weighted by molar-refractivity contribution is 0.00496. The van der Waals surface area contributed by atoms with Gasteiger partial charge in [-0.05, 0) is 30.5 Å². The number of hydroxylamine groups is 2. The standard InChI is InChI=1S/C11H12ClFN2O2/c1-15(17)10(14-16)11(4-5-11)7-2-3-8(12)9(13)6-7/h2-3,6,16-17H,4-5H2,1H3/b14-10-. The summed E-state index contributed by atoms with van der Waals surface area (Å²) in [5, 5.41) is 22.2. The third-order valence-corrected chi connectivity index (χ3v) is 3.36. The first-order chi connectivity index (χ1) is 8.01. The summed E-state index contributed by atoms with van der Waals surface area (Å²) in [5.74, 6) is -0.410. The number of amidine groups is 1. The molecule has 2 N–H and O–H groups in total. The maximum Gasteiger partial charge on any atom is 0.178 e. The van der Waals surface area contributed by atoms with Crippen molar-refractivity contribution in [2.45, 2.75) is 18.3 Å². The smallest absolute Gasteiger partial charge is 0.178 e. The van der Waals surface area contributed by atoms with Crippen LogP contribution in [0.1, 0.15) is 18.4 Å². The van der Waals surface area contributed by atoms with Gasteiger partial charge in [-0.25, -0.2) is 9.45 Å². The molecule has 1 fully saturated rings. The van der Waals surface area contributed by atoms with E-state index in [1.54, 1.807) is 6.07 Å². The van der Waals surface area contributed by atoms with Crippen LogP contribution in [0.2, 0.25) is 5.02 Å². The minimum absolute atomic E-state index is 0.0457.